The number of rotatable bonds is 4. The normalized spacial score (nSPS) is 11.5. The number of hydrogen-bond acceptors (Lipinski definition) is 7. The maximum atomic E-state index is 11.1. The molecule has 0 atom stereocenters. The van der Waals surface area contributed by atoms with Crippen molar-refractivity contribution in [3.63, 3.8) is 0 Å². The van der Waals surface area contributed by atoms with Crippen molar-refractivity contribution in [3.8, 4) is 11.8 Å². The Morgan fingerprint density at radius 1 is 1.47 bits per heavy atom. The monoisotopic (exact) mass is 304 g/mol. The van der Waals surface area contributed by atoms with Gasteiger partial charge in [-0.25, -0.2) is 18.5 Å². The molecule has 0 saturated heterocycles. The molecule has 11 heteroatoms. The largest absolute Gasteiger partial charge is 0.478 e. The van der Waals surface area contributed by atoms with E-state index in [0.29, 0.717) is 6.61 Å². The van der Waals surface area contributed by atoms with Crippen LogP contribution in [0.15, 0.2) is 17.6 Å². The van der Waals surface area contributed by atoms with Crippen LogP contribution < -0.4 is 9.88 Å². The molecule has 0 aliphatic heterocycles. The molecule has 2 aromatic heterocycles. The fourth-order valence-corrected chi connectivity index (χ4v) is 1.75. The lowest BCUT2D eigenvalue weighted by Gasteiger charge is -2.04. The number of sulfonamides is 1. The van der Waals surface area contributed by atoms with Crippen LogP contribution in [-0.4, -0.2) is 39.8 Å². The molecule has 19 heavy (non-hydrogen) atoms. The summed E-state index contributed by atoms with van der Waals surface area (Å²) in [7, 11) is -3.98. The van der Waals surface area contributed by atoms with E-state index in [1.165, 1.54) is 6.07 Å². The summed E-state index contributed by atoms with van der Waals surface area (Å²) in [6.07, 6.45) is 1.11. The summed E-state index contributed by atoms with van der Waals surface area (Å²) in [5.74, 6) is 0.267. The predicted molar refractivity (Wildman–Crippen MR) is 64.5 cm³/mol. The van der Waals surface area contributed by atoms with Crippen LogP contribution in [0.2, 0.25) is 5.15 Å². The number of nitrogens with zero attached hydrogens (tertiary/aromatic N) is 5. The van der Waals surface area contributed by atoms with Crippen LogP contribution >= 0.6 is 11.6 Å². The molecule has 0 bridgehead atoms. The second-order valence-corrected chi connectivity index (χ2v) is 5.12. The van der Waals surface area contributed by atoms with E-state index in [0.717, 1.165) is 11.0 Å². The first-order valence-electron chi connectivity index (χ1n) is 5.02. The topological polar surface area (TPSA) is 126 Å². The van der Waals surface area contributed by atoms with Gasteiger partial charge >= 0.3 is 0 Å². The first-order chi connectivity index (χ1) is 8.90. The van der Waals surface area contributed by atoms with Gasteiger partial charge in [-0.15, -0.1) is 5.10 Å². The Bertz CT molecular complexity index is 700. The van der Waals surface area contributed by atoms with Crippen molar-refractivity contribution in [2.75, 3.05) is 6.61 Å². The van der Waals surface area contributed by atoms with Crippen LogP contribution in [0.4, 0.5) is 0 Å². The molecule has 9 nitrogen and oxygen atoms in total. The zero-order valence-electron chi connectivity index (χ0n) is 9.69. The Balaban J connectivity index is 2.44. The van der Waals surface area contributed by atoms with Crippen LogP contribution in [0.5, 0.6) is 5.88 Å². The highest BCUT2D eigenvalue weighted by atomic mass is 35.5. The van der Waals surface area contributed by atoms with Crippen molar-refractivity contribution >= 4 is 21.6 Å². The number of aromatic nitrogens is 5. The fraction of sp³-hybridized carbons (Fsp3) is 0.250. The Labute approximate surface area is 113 Å². The molecule has 0 aromatic carbocycles. The third-order valence-electron chi connectivity index (χ3n) is 1.88. The van der Waals surface area contributed by atoms with Gasteiger partial charge in [0.25, 0.3) is 21.1 Å². The van der Waals surface area contributed by atoms with Crippen LogP contribution in [0, 0.1) is 0 Å². The van der Waals surface area contributed by atoms with Crippen molar-refractivity contribution in [1.29, 1.82) is 0 Å². The smallest absolute Gasteiger partial charge is 0.282 e. The lowest BCUT2D eigenvalue weighted by molar-refractivity contribution is 0.325. The van der Waals surface area contributed by atoms with E-state index < -0.39 is 15.2 Å². The molecular formula is C8H9ClN6O3S. The highest BCUT2D eigenvalue weighted by Gasteiger charge is 2.16. The van der Waals surface area contributed by atoms with Gasteiger partial charge in [-0.3, -0.25) is 0 Å². The number of ether oxygens (including phenoxy) is 1. The average Bonchev–Trinajstić information content (AvgIpc) is 2.77. The SMILES string of the molecule is CCOc1cc(Cl)nc(-n2cnc(S(N)(=O)=O)n2)n1. The first kappa shape index (κ1) is 13.6. The highest BCUT2D eigenvalue weighted by molar-refractivity contribution is 7.89. The summed E-state index contributed by atoms with van der Waals surface area (Å²) >= 11 is 5.80. The standard InChI is InChI=1S/C8H9ClN6O3S/c1-2-18-6-3-5(9)12-7(13-6)15-4-11-8(14-15)19(10,16)17/h3-4H,2H2,1H3,(H2,10,16,17). The van der Waals surface area contributed by atoms with Gasteiger partial charge in [-0.2, -0.15) is 14.6 Å². The van der Waals surface area contributed by atoms with Gasteiger partial charge in [-0.1, -0.05) is 11.6 Å². The fourth-order valence-electron chi connectivity index (χ4n) is 1.18. The van der Waals surface area contributed by atoms with Crippen LogP contribution in [0.1, 0.15) is 6.92 Å². The minimum atomic E-state index is -3.98. The molecule has 2 heterocycles. The maximum absolute atomic E-state index is 11.1. The molecule has 0 saturated carbocycles. The third-order valence-corrected chi connectivity index (χ3v) is 2.77. The van der Waals surface area contributed by atoms with Crippen LogP contribution in [-0.2, 0) is 10.0 Å². The second-order valence-electron chi connectivity index (χ2n) is 3.28. The van der Waals surface area contributed by atoms with Gasteiger partial charge in [0.05, 0.1) is 6.61 Å². The van der Waals surface area contributed by atoms with Gasteiger partial charge in [0, 0.05) is 6.07 Å². The lowest BCUT2D eigenvalue weighted by Crippen LogP contribution is -2.14. The van der Waals surface area contributed by atoms with Crippen molar-refractivity contribution in [3.05, 3.63) is 17.5 Å². The van der Waals surface area contributed by atoms with Gasteiger partial charge in [0.2, 0.25) is 5.88 Å². The summed E-state index contributed by atoms with van der Waals surface area (Å²) in [4.78, 5) is 11.4. The summed E-state index contributed by atoms with van der Waals surface area (Å²) in [5, 5.41) is 8.14. The van der Waals surface area contributed by atoms with Crippen LogP contribution in [0.25, 0.3) is 5.95 Å². The maximum Gasteiger partial charge on any atom is 0.282 e. The van der Waals surface area contributed by atoms with E-state index in [2.05, 4.69) is 20.1 Å². The predicted octanol–water partition coefficient (Wildman–Crippen LogP) is -0.243. The van der Waals surface area contributed by atoms with Gasteiger partial charge in [0.15, 0.2) is 0 Å². The molecule has 2 rings (SSSR count). The molecule has 0 aliphatic rings. The minimum absolute atomic E-state index is 0.0263. The summed E-state index contributed by atoms with van der Waals surface area (Å²) in [6.45, 7) is 2.18. The van der Waals surface area contributed by atoms with Gasteiger partial charge < -0.3 is 4.74 Å². The Hall–Kier alpha value is -1.78. The number of halogens is 1. The molecule has 0 unspecified atom stereocenters. The quantitative estimate of drug-likeness (QED) is 0.772. The van der Waals surface area contributed by atoms with Crippen molar-refractivity contribution in [2.24, 2.45) is 5.14 Å². The molecule has 2 aromatic rings. The van der Waals surface area contributed by atoms with Crippen molar-refractivity contribution < 1.29 is 13.2 Å². The zero-order valence-corrected chi connectivity index (χ0v) is 11.3. The highest BCUT2D eigenvalue weighted by Crippen LogP contribution is 2.15. The van der Waals surface area contributed by atoms with Gasteiger partial charge in [0.1, 0.15) is 11.5 Å². The molecule has 0 spiro atoms. The van der Waals surface area contributed by atoms with E-state index in [9.17, 15) is 8.42 Å². The Morgan fingerprint density at radius 2 is 2.21 bits per heavy atom. The minimum Gasteiger partial charge on any atom is -0.478 e. The second kappa shape index (κ2) is 5.07. The zero-order chi connectivity index (χ0) is 14.0. The lowest BCUT2D eigenvalue weighted by atomic mass is 10.6. The molecule has 0 aliphatic carbocycles. The molecule has 0 fully saturated rings. The van der Waals surface area contributed by atoms with E-state index in [4.69, 9.17) is 21.5 Å². The summed E-state index contributed by atoms with van der Waals surface area (Å²) < 4.78 is 28.3. The Morgan fingerprint density at radius 3 is 2.79 bits per heavy atom. The Kier molecular flexibility index (Phi) is 3.64. The average molecular weight is 305 g/mol. The van der Waals surface area contributed by atoms with Crippen molar-refractivity contribution in [1.82, 2.24) is 24.7 Å². The first-order valence-corrected chi connectivity index (χ1v) is 6.95. The number of hydrogen-bond donors (Lipinski definition) is 1. The molecule has 0 radical (unpaired) electrons. The molecule has 102 valence electrons. The van der Waals surface area contributed by atoms with E-state index in [-0.39, 0.29) is 17.0 Å². The molecule has 0 amide bonds. The number of primary sulfonamides is 1. The van der Waals surface area contributed by atoms with E-state index in [1.54, 1.807) is 6.92 Å². The van der Waals surface area contributed by atoms with E-state index >= 15 is 0 Å². The summed E-state index contributed by atoms with van der Waals surface area (Å²) in [6, 6.07) is 1.42. The number of nitrogens with two attached hydrogens (primary N) is 1. The summed E-state index contributed by atoms with van der Waals surface area (Å²) in [5.41, 5.74) is 0. The van der Waals surface area contributed by atoms with E-state index in [1.807, 2.05) is 0 Å². The third kappa shape index (κ3) is 3.16. The van der Waals surface area contributed by atoms with Crippen molar-refractivity contribution in [2.45, 2.75) is 12.1 Å². The molecular weight excluding hydrogens is 296 g/mol. The van der Waals surface area contributed by atoms with Gasteiger partial charge in [-0.05, 0) is 6.92 Å². The molecule has 2 N–H and O–H groups in total. The van der Waals surface area contributed by atoms with Crippen LogP contribution in [0.3, 0.4) is 0 Å².